The number of carbonyl (C=O) groups is 3. The second kappa shape index (κ2) is 13.3. The number of allylic oxidation sites excluding steroid dienone is 1. The molecule has 0 saturated heterocycles. The van der Waals surface area contributed by atoms with Gasteiger partial charge in [-0.15, -0.1) is 0 Å². The first kappa shape index (κ1) is 36.1. The molecule has 1 amide bonds. The number of primary amides is 1. The Balaban J connectivity index is 1.70. The quantitative estimate of drug-likeness (QED) is 0.113. The van der Waals surface area contributed by atoms with Gasteiger partial charge in [-0.3, -0.25) is 23.8 Å². The summed E-state index contributed by atoms with van der Waals surface area (Å²) in [5.41, 5.74) is 2.83. The second-order valence-corrected chi connectivity index (χ2v) is 14.9. The zero-order valence-electron chi connectivity index (χ0n) is 28.3. The highest BCUT2D eigenvalue weighted by Crippen LogP contribution is 2.62. The molecule has 2 aromatic carbocycles. The number of amides is 1. The zero-order valence-corrected chi connectivity index (χ0v) is 29.2. The normalized spacial score (nSPS) is 24.4. The van der Waals surface area contributed by atoms with Crippen molar-refractivity contribution in [2.45, 2.75) is 44.1 Å². The lowest BCUT2D eigenvalue weighted by molar-refractivity contribution is -0.148. The predicted octanol–water partition coefficient (Wildman–Crippen LogP) is 3.56. The van der Waals surface area contributed by atoms with Gasteiger partial charge in [-0.2, -0.15) is 0 Å². The third kappa shape index (κ3) is 5.71. The Kier molecular flexibility index (Phi) is 9.76. The van der Waals surface area contributed by atoms with E-state index in [0.29, 0.717) is 16.8 Å². The molecule has 0 saturated carbocycles. The number of aliphatic hydroxyl groups is 3. The lowest BCUT2D eigenvalue weighted by atomic mass is 9.58. The van der Waals surface area contributed by atoms with Crippen LogP contribution in [0.1, 0.15) is 47.5 Å². The molecule has 3 aliphatic carbocycles. The summed E-state index contributed by atoms with van der Waals surface area (Å²) in [7, 11) is 2.72. The first-order valence-electron chi connectivity index (χ1n) is 16.0. The van der Waals surface area contributed by atoms with Gasteiger partial charge >= 0.3 is 7.60 Å². The molecule has 5 rings (SSSR count). The van der Waals surface area contributed by atoms with Gasteiger partial charge in [-0.05, 0) is 63.9 Å². The SMILES string of the molecule is CCOP(=O)(OCC)C(Nc1cc(N(C)C)c2c(c1O)C(=O)C1=C(O)[C@@]3(O)C(=O)C(C(N)=O)=C(O)[C@H](N(C)C)[C@H]3C[C@H]1C2)c1ccccc1. The third-order valence-electron chi connectivity index (χ3n) is 9.52. The minimum absolute atomic E-state index is 0.0144. The van der Waals surface area contributed by atoms with Crippen LogP contribution in [0.5, 0.6) is 5.75 Å². The molecule has 0 spiro atoms. The maximum atomic E-state index is 14.5. The maximum Gasteiger partial charge on any atom is 0.357 e. The average Bonchev–Trinajstić information content (AvgIpc) is 3.02. The summed E-state index contributed by atoms with van der Waals surface area (Å²) in [4.78, 5) is 43.7. The molecule has 0 fully saturated rings. The number of carbonyl (C=O) groups excluding carboxylic acids is 3. The number of aromatic hydroxyl groups is 1. The van der Waals surface area contributed by atoms with Crippen molar-refractivity contribution in [2.75, 3.05) is 51.6 Å². The van der Waals surface area contributed by atoms with Crippen molar-refractivity contribution in [3.63, 3.8) is 0 Å². The molecule has 5 atom stereocenters. The number of ketones is 2. The number of rotatable bonds is 11. The number of benzene rings is 2. The number of nitrogens with two attached hydrogens (primary N) is 1. The van der Waals surface area contributed by atoms with Gasteiger partial charge in [0.1, 0.15) is 22.8 Å². The van der Waals surface area contributed by atoms with Gasteiger partial charge in [-0.25, -0.2) is 0 Å². The minimum atomic E-state index is -3.93. The molecule has 7 N–H and O–H groups in total. The van der Waals surface area contributed by atoms with Gasteiger partial charge < -0.3 is 45.4 Å². The summed E-state index contributed by atoms with van der Waals surface area (Å²) in [5, 5.41) is 49.6. The van der Waals surface area contributed by atoms with Crippen LogP contribution in [-0.2, 0) is 29.6 Å². The molecule has 14 nitrogen and oxygen atoms in total. The molecule has 0 aliphatic heterocycles. The average molecular weight is 699 g/mol. The lowest BCUT2D eigenvalue weighted by Gasteiger charge is -2.50. The molecule has 15 heteroatoms. The van der Waals surface area contributed by atoms with E-state index in [1.54, 1.807) is 83.3 Å². The van der Waals surface area contributed by atoms with Crippen LogP contribution in [-0.4, -0.2) is 95.8 Å². The van der Waals surface area contributed by atoms with E-state index >= 15 is 0 Å². The van der Waals surface area contributed by atoms with E-state index in [1.165, 1.54) is 4.90 Å². The number of nitrogens with one attached hydrogen (secondary N) is 1. The van der Waals surface area contributed by atoms with Crippen LogP contribution in [0.4, 0.5) is 11.4 Å². The van der Waals surface area contributed by atoms with Crippen LogP contribution in [0.15, 0.2) is 59.1 Å². The first-order chi connectivity index (χ1) is 23.0. The fourth-order valence-corrected chi connectivity index (χ4v) is 9.41. The number of phenolic OH excluding ortho intramolecular Hbond substituents is 1. The van der Waals surface area contributed by atoms with Crippen LogP contribution in [0, 0.1) is 11.8 Å². The van der Waals surface area contributed by atoms with E-state index in [0.717, 1.165) is 0 Å². The van der Waals surface area contributed by atoms with Crippen LogP contribution in [0.2, 0.25) is 0 Å². The van der Waals surface area contributed by atoms with Gasteiger partial charge in [0, 0.05) is 31.3 Å². The molecule has 1 unspecified atom stereocenters. The van der Waals surface area contributed by atoms with Gasteiger partial charge in [-0.1, -0.05) is 30.3 Å². The van der Waals surface area contributed by atoms with Crippen molar-refractivity contribution in [3.05, 3.63) is 75.8 Å². The van der Waals surface area contributed by atoms with E-state index in [2.05, 4.69) is 5.32 Å². The summed E-state index contributed by atoms with van der Waals surface area (Å²) in [5.74, 6) is -8.57. The zero-order chi connectivity index (χ0) is 36.2. The Labute approximate surface area is 284 Å². The van der Waals surface area contributed by atoms with Crippen LogP contribution in [0.3, 0.4) is 0 Å². The highest BCUT2D eigenvalue weighted by Gasteiger charge is 2.63. The topological polar surface area (TPSA) is 212 Å². The lowest BCUT2D eigenvalue weighted by Crippen LogP contribution is -2.63. The number of anilines is 2. The van der Waals surface area contributed by atoms with Crippen molar-refractivity contribution >= 4 is 36.4 Å². The molecule has 49 heavy (non-hydrogen) atoms. The third-order valence-corrected chi connectivity index (χ3v) is 11.8. The fourth-order valence-electron chi connectivity index (χ4n) is 7.48. The Bertz CT molecular complexity index is 1800. The van der Waals surface area contributed by atoms with Crippen molar-refractivity contribution in [3.8, 4) is 5.75 Å². The van der Waals surface area contributed by atoms with Crippen molar-refractivity contribution in [1.82, 2.24) is 4.90 Å². The molecule has 264 valence electrons. The Morgan fingerprint density at radius 3 is 2.22 bits per heavy atom. The largest absolute Gasteiger partial charge is 0.510 e. The second-order valence-electron chi connectivity index (χ2n) is 12.8. The smallest absolute Gasteiger partial charge is 0.357 e. The van der Waals surface area contributed by atoms with E-state index < -0.39 is 77.2 Å². The molecule has 0 bridgehead atoms. The van der Waals surface area contributed by atoms with Gasteiger partial charge in [0.2, 0.25) is 5.78 Å². The number of nitrogens with zero attached hydrogens (tertiary/aromatic N) is 2. The van der Waals surface area contributed by atoms with Crippen molar-refractivity contribution in [1.29, 1.82) is 0 Å². The molecule has 0 heterocycles. The van der Waals surface area contributed by atoms with E-state index in [-0.39, 0.29) is 42.9 Å². The predicted molar refractivity (Wildman–Crippen MR) is 182 cm³/mol. The Morgan fingerprint density at radius 1 is 1.08 bits per heavy atom. The standard InChI is InChI=1S/C34H43N4O10P/c1-7-47-49(46,48-8-2)33(17-12-10-9-11-13-17)36-21-16-22(37(3)4)19-14-18-15-20-26(38(5)6)29(41)25(32(35)44)31(43)34(20,45)30(42)23(18)28(40)24(19)27(21)39/h9-13,16,18,20,26,33,36,39,41-42,45H,7-8,14-15H2,1-6H3,(H2,35,44)/t18-,20-,26-,33?,34-/m1/s1. The molecular formula is C34H43N4O10P. The number of aliphatic hydroxyl groups excluding tert-OH is 2. The molecular weight excluding hydrogens is 655 g/mol. The number of hydrogen-bond donors (Lipinski definition) is 6. The van der Waals surface area contributed by atoms with E-state index in [4.69, 9.17) is 14.8 Å². The molecule has 2 aromatic rings. The summed E-state index contributed by atoms with van der Waals surface area (Å²) < 4.78 is 25.5. The number of likely N-dealkylation sites (N-methyl/N-ethyl adjacent to an activating group) is 1. The number of hydrogen-bond acceptors (Lipinski definition) is 13. The van der Waals surface area contributed by atoms with Crippen LogP contribution in [0.25, 0.3) is 0 Å². The minimum Gasteiger partial charge on any atom is -0.510 e. The van der Waals surface area contributed by atoms with Gasteiger partial charge in [0.15, 0.2) is 17.2 Å². The van der Waals surface area contributed by atoms with Crippen LogP contribution >= 0.6 is 7.60 Å². The summed E-state index contributed by atoms with van der Waals surface area (Å²) >= 11 is 0. The maximum absolute atomic E-state index is 14.5. The van der Waals surface area contributed by atoms with E-state index in [9.17, 15) is 39.4 Å². The Morgan fingerprint density at radius 2 is 1.69 bits per heavy atom. The van der Waals surface area contributed by atoms with Gasteiger partial charge in [0.25, 0.3) is 5.91 Å². The highest BCUT2D eigenvalue weighted by atomic mass is 31.2. The fraction of sp³-hybridized carbons (Fsp3) is 0.441. The number of Topliss-reactive ketones (excluding diaryl/α,β-unsaturated/α-hetero) is 2. The first-order valence-corrected chi connectivity index (χ1v) is 17.6. The number of fused-ring (bicyclic) bond motifs is 3. The summed E-state index contributed by atoms with van der Waals surface area (Å²) in [6.45, 7) is 3.48. The summed E-state index contributed by atoms with van der Waals surface area (Å²) in [6, 6.07) is 9.24. The Hall–Kier alpha value is -4.20. The van der Waals surface area contributed by atoms with Crippen molar-refractivity contribution < 1.29 is 48.4 Å². The van der Waals surface area contributed by atoms with E-state index in [1.807, 2.05) is 0 Å². The van der Waals surface area contributed by atoms with Crippen molar-refractivity contribution in [2.24, 2.45) is 17.6 Å². The highest BCUT2D eigenvalue weighted by molar-refractivity contribution is 7.54. The molecule has 0 aromatic heterocycles. The van der Waals surface area contributed by atoms with Crippen LogP contribution < -0.4 is 16.0 Å². The summed E-state index contributed by atoms with van der Waals surface area (Å²) in [6.07, 6.45) is 0.0652. The molecule has 3 aliphatic rings. The number of phenols is 1. The molecule has 0 radical (unpaired) electrons. The monoisotopic (exact) mass is 698 g/mol. The van der Waals surface area contributed by atoms with Gasteiger partial charge in [0.05, 0.1) is 30.5 Å².